The van der Waals surface area contributed by atoms with E-state index in [2.05, 4.69) is 105 Å². The minimum atomic E-state index is -0.400. The van der Waals surface area contributed by atoms with Gasteiger partial charge in [0.15, 0.2) is 0 Å². The second-order valence-corrected chi connectivity index (χ2v) is 12.1. The molecule has 1 fully saturated rings. The number of hydrogen-bond acceptors (Lipinski definition) is 4. The summed E-state index contributed by atoms with van der Waals surface area (Å²) in [5, 5.41) is 6.03. The van der Waals surface area contributed by atoms with E-state index in [1.807, 2.05) is 6.07 Å². The molecule has 1 aliphatic heterocycles. The number of fused-ring (bicyclic) bond motifs is 8. The van der Waals surface area contributed by atoms with E-state index in [1.54, 1.807) is 11.3 Å². The molecule has 3 aromatic heterocycles. The SMILES string of the molecule is CC1(C)OB(c2ccc3c(c2)c2c4sc(-c5ccccc5)nc4cc4c5ccccc5n3c42)OC1(C)C. The Morgan fingerprint density at radius 1 is 0.757 bits per heavy atom. The molecule has 0 aliphatic carbocycles. The predicted octanol–water partition coefficient (Wildman–Crippen LogP) is 7.41. The van der Waals surface area contributed by atoms with Crippen LogP contribution in [0.5, 0.6) is 0 Å². The Labute approximate surface area is 218 Å². The van der Waals surface area contributed by atoms with Crippen LogP contribution in [0.3, 0.4) is 0 Å². The van der Waals surface area contributed by atoms with Crippen LogP contribution in [0.15, 0.2) is 78.9 Å². The van der Waals surface area contributed by atoms with Crippen LogP contribution in [0.2, 0.25) is 0 Å². The highest BCUT2D eigenvalue weighted by Gasteiger charge is 2.51. The second kappa shape index (κ2) is 7.10. The maximum Gasteiger partial charge on any atom is 0.494 e. The first-order valence-electron chi connectivity index (χ1n) is 12.7. The number of thiazole rings is 1. The first-order valence-corrected chi connectivity index (χ1v) is 13.6. The lowest BCUT2D eigenvalue weighted by Gasteiger charge is -2.32. The van der Waals surface area contributed by atoms with Gasteiger partial charge in [-0.15, -0.1) is 11.3 Å². The van der Waals surface area contributed by atoms with Crippen LogP contribution in [0.25, 0.3) is 58.9 Å². The molecule has 0 unspecified atom stereocenters. The van der Waals surface area contributed by atoms with Gasteiger partial charge in [-0.3, -0.25) is 0 Å². The summed E-state index contributed by atoms with van der Waals surface area (Å²) >= 11 is 1.77. The summed E-state index contributed by atoms with van der Waals surface area (Å²) in [6, 6.07) is 28.1. The molecule has 37 heavy (non-hydrogen) atoms. The lowest BCUT2D eigenvalue weighted by atomic mass is 9.78. The van der Waals surface area contributed by atoms with Crippen LogP contribution >= 0.6 is 11.3 Å². The van der Waals surface area contributed by atoms with E-state index in [-0.39, 0.29) is 11.2 Å². The molecule has 8 rings (SSSR count). The van der Waals surface area contributed by atoms with Crippen LogP contribution in [-0.4, -0.2) is 27.7 Å². The number of benzene rings is 4. The number of hydrogen-bond donors (Lipinski definition) is 0. The van der Waals surface area contributed by atoms with Crippen molar-refractivity contribution in [3.63, 3.8) is 0 Å². The Morgan fingerprint density at radius 3 is 2.24 bits per heavy atom. The highest BCUT2D eigenvalue weighted by Crippen LogP contribution is 2.45. The minimum absolute atomic E-state index is 0.381. The largest absolute Gasteiger partial charge is 0.494 e. The summed E-state index contributed by atoms with van der Waals surface area (Å²) in [5.74, 6) is 0. The van der Waals surface area contributed by atoms with E-state index in [9.17, 15) is 0 Å². The summed E-state index contributed by atoms with van der Waals surface area (Å²) in [7, 11) is -0.400. The molecule has 0 atom stereocenters. The molecule has 4 aromatic carbocycles. The van der Waals surface area contributed by atoms with Gasteiger partial charge in [0.2, 0.25) is 0 Å². The average molecular weight is 500 g/mol. The fourth-order valence-electron chi connectivity index (χ4n) is 5.79. The quantitative estimate of drug-likeness (QED) is 0.232. The number of nitrogens with zero attached hydrogens (tertiary/aromatic N) is 2. The van der Waals surface area contributed by atoms with E-state index < -0.39 is 7.12 Å². The number of aromatic nitrogens is 2. The molecule has 4 heterocycles. The topological polar surface area (TPSA) is 35.8 Å². The minimum Gasteiger partial charge on any atom is -0.399 e. The summed E-state index contributed by atoms with van der Waals surface area (Å²) in [6.45, 7) is 8.41. The van der Waals surface area contributed by atoms with Crippen molar-refractivity contribution in [1.82, 2.24) is 9.38 Å². The second-order valence-electron chi connectivity index (χ2n) is 11.1. The van der Waals surface area contributed by atoms with Gasteiger partial charge in [-0.05, 0) is 51.4 Å². The fourth-order valence-corrected chi connectivity index (χ4v) is 6.90. The van der Waals surface area contributed by atoms with E-state index in [4.69, 9.17) is 14.3 Å². The van der Waals surface area contributed by atoms with Crippen LogP contribution in [0.1, 0.15) is 27.7 Å². The zero-order valence-corrected chi connectivity index (χ0v) is 22.0. The first kappa shape index (κ1) is 21.6. The molecular formula is C31H25BN2O2S. The van der Waals surface area contributed by atoms with Gasteiger partial charge in [0.1, 0.15) is 5.01 Å². The smallest absolute Gasteiger partial charge is 0.399 e. The highest BCUT2D eigenvalue weighted by atomic mass is 32.1. The van der Waals surface area contributed by atoms with Gasteiger partial charge in [0.05, 0.1) is 38.0 Å². The van der Waals surface area contributed by atoms with Crippen molar-refractivity contribution in [2.24, 2.45) is 0 Å². The molecule has 0 amide bonds. The molecule has 1 aliphatic rings. The third-order valence-electron chi connectivity index (χ3n) is 8.39. The fraction of sp³-hybridized carbons (Fsp3) is 0.194. The number of para-hydroxylation sites is 1. The maximum absolute atomic E-state index is 6.42. The third kappa shape index (κ3) is 2.83. The molecule has 6 heteroatoms. The summed E-state index contributed by atoms with van der Waals surface area (Å²) in [6.07, 6.45) is 0. The van der Waals surface area contributed by atoms with Gasteiger partial charge >= 0.3 is 7.12 Å². The molecule has 1 saturated heterocycles. The molecular weight excluding hydrogens is 475 g/mol. The van der Waals surface area contributed by atoms with Gasteiger partial charge in [0, 0.05) is 27.1 Å². The Kier molecular flexibility index (Phi) is 4.15. The van der Waals surface area contributed by atoms with Crippen molar-refractivity contribution in [1.29, 1.82) is 0 Å². The monoisotopic (exact) mass is 500 g/mol. The highest BCUT2D eigenvalue weighted by molar-refractivity contribution is 7.22. The lowest BCUT2D eigenvalue weighted by molar-refractivity contribution is 0.00578. The summed E-state index contributed by atoms with van der Waals surface area (Å²) < 4.78 is 16.5. The molecule has 4 nitrogen and oxygen atoms in total. The van der Waals surface area contributed by atoms with Gasteiger partial charge in [0.25, 0.3) is 0 Å². The number of rotatable bonds is 2. The van der Waals surface area contributed by atoms with Gasteiger partial charge in [-0.25, -0.2) is 4.98 Å². The van der Waals surface area contributed by atoms with Crippen LogP contribution in [0.4, 0.5) is 0 Å². The molecule has 0 spiro atoms. The summed E-state index contributed by atoms with van der Waals surface area (Å²) in [5.41, 5.74) is 6.16. The Bertz CT molecular complexity index is 1990. The maximum atomic E-state index is 6.42. The first-order chi connectivity index (χ1) is 17.8. The molecule has 0 N–H and O–H groups in total. The van der Waals surface area contributed by atoms with E-state index in [1.165, 1.54) is 42.8 Å². The summed E-state index contributed by atoms with van der Waals surface area (Å²) in [4.78, 5) is 5.12. The molecule has 7 aromatic rings. The van der Waals surface area contributed by atoms with Gasteiger partial charge < -0.3 is 13.7 Å². The Hall–Kier alpha value is -3.45. The van der Waals surface area contributed by atoms with Crippen LogP contribution in [0, 0.1) is 0 Å². The molecule has 0 radical (unpaired) electrons. The van der Waals surface area contributed by atoms with Gasteiger partial charge in [-0.2, -0.15) is 0 Å². The van der Waals surface area contributed by atoms with E-state index in [0.29, 0.717) is 0 Å². The van der Waals surface area contributed by atoms with Gasteiger partial charge in [-0.1, -0.05) is 60.7 Å². The van der Waals surface area contributed by atoms with E-state index in [0.717, 1.165) is 21.6 Å². The molecule has 180 valence electrons. The molecule has 0 saturated carbocycles. The standard InChI is InChI=1S/C31H25BN2O2S/c1-30(2)31(3,4)36-32(35-30)19-14-15-25-22(16-19)26-27-21(20-12-8-9-13-24(20)34(25)27)17-23-28(26)37-29(33-23)18-10-6-5-7-11-18/h5-17H,1-4H3. The predicted molar refractivity (Wildman–Crippen MR) is 155 cm³/mol. The average Bonchev–Trinajstić information content (AvgIpc) is 3.60. The Morgan fingerprint density at radius 2 is 1.46 bits per heavy atom. The van der Waals surface area contributed by atoms with Crippen LogP contribution < -0.4 is 5.46 Å². The van der Waals surface area contributed by atoms with Crippen molar-refractivity contribution in [2.75, 3.05) is 0 Å². The van der Waals surface area contributed by atoms with Crippen molar-refractivity contribution in [2.45, 2.75) is 38.9 Å². The zero-order valence-electron chi connectivity index (χ0n) is 21.2. The zero-order chi connectivity index (χ0) is 25.1. The lowest BCUT2D eigenvalue weighted by Crippen LogP contribution is -2.41. The van der Waals surface area contributed by atoms with Crippen molar-refractivity contribution >= 4 is 72.2 Å². The van der Waals surface area contributed by atoms with Crippen molar-refractivity contribution in [3.05, 3.63) is 78.9 Å². The Balaban J connectivity index is 1.47. The van der Waals surface area contributed by atoms with E-state index >= 15 is 0 Å². The van der Waals surface area contributed by atoms with Crippen molar-refractivity contribution < 1.29 is 9.31 Å². The van der Waals surface area contributed by atoms with Crippen molar-refractivity contribution in [3.8, 4) is 10.6 Å². The van der Waals surface area contributed by atoms with Crippen LogP contribution in [-0.2, 0) is 9.31 Å². The third-order valence-corrected chi connectivity index (χ3v) is 9.53. The molecule has 0 bridgehead atoms. The normalized spacial score (nSPS) is 17.4.